The number of aliphatic imine (C=N–C) groups is 1. The fourth-order valence-electron chi connectivity index (χ4n) is 1.91. The van der Waals surface area contributed by atoms with Crippen molar-refractivity contribution in [2.75, 3.05) is 0 Å². The second kappa shape index (κ2) is 6.62. The van der Waals surface area contributed by atoms with Crippen molar-refractivity contribution in [3.63, 3.8) is 0 Å². The zero-order valence-electron chi connectivity index (χ0n) is 12.5. The van der Waals surface area contributed by atoms with Crippen LogP contribution in [0.25, 0.3) is 0 Å². The molecule has 0 atom stereocenters. The highest BCUT2D eigenvalue weighted by Gasteiger charge is 2.03. The molecule has 0 bridgehead atoms. The largest absolute Gasteiger partial charge is 0.448 e. The third-order valence-electron chi connectivity index (χ3n) is 3.28. The van der Waals surface area contributed by atoms with E-state index >= 15 is 0 Å². The lowest BCUT2D eigenvalue weighted by Gasteiger charge is -1.99. The minimum Gasteiger partial charge on any atom is -0.448 e. The van der Waals surface area contributed by atoms with Crippen molar-refractivity contribution < 1.29 is 4.42 Å². The number of aryl methyl sites for hydroxylation is 2. The molecule has 0 amide bonds. The fourth-order valence-corrected chi connectivity index (χ4v) is 2.65. The van der Waals surface area contributed by atoms with Gasteiger partial charge in [-0.3, -0.25) is 4.99 Å². The molecular weight excluding hydrogens is 292 g/mol. The van der Waals surface area contributed by atoms with E-state index in [1.54, 1.807) is 12.4 Å². The van der Waals surface area contributed by atoms with Crippen LogP contribution in [-0.4, -0.2) is 11.2 Å². The van der Waals surface area contributed by atoms with Gasteiger partial charge in [-0.05, 0) is 73.1 Å². The number of benzene rings is 1. The van der Waals surface area contributed by atoms with E-state index in [2.05, 4.69) is 36.0 Å². The molecule has 3 nitrogen and oxygen atoms in total. The Kier molecular flexibility index (Phi) is 4.39. The lowest BCUT2D eigenvalue weighted by Crippen LogP contribution is -1.79. The molecular formula is C18H16N2OS. The summed E-state index contributed by atoms with van der Waals surface area (Å²) in [7, 11) is 0. The fraction of sp³-hybridized carbons (Fsp3) is 0.111. The van der Waals surface area contributed by atoms with Crippen LogP contribution >= 0.6 is 11.8 Å². The Balaban J connectivity index is 1.71. The first-order chi connectivity index (χ1) is 10.7. The van der Waals surface area contributed by atoms with Crippen LogP contribution in [0, 0.1) is 13.8 Å². The van der Waals surface area contributed by atoms with E-state index < -0.39 is 0 Å². The second-order valence-corrected chi connectivity index (χ2v) is 5.98. The van der Waals surface area contributed by atoms with Gasteiger partial charge in [0, 0.05) is 6.20 Å². The lowest BCUT2D eigenvalue weighted by atomic mass is 10.1. The summed E-state index contributed by atoms with van der Waals surface area (Å²) in [4.78, 5) is 8.72. The number of hydrogen-bond donors (Lipinski definition) is 0. The smallest absolute Gasteiger partial charge is 0.167 e. The summed E-state index contributed by atoms with van der Waals surface area (Å²) in [5.74, 6) is 0.733. The van der Waals surface area contributed by atoms with Crippen molar-refractivity contribution in [2.45, 2.75) is 24.0 Å². The normalized spacial score (nSPS) is 11.2. The molecule has 0 saturated heterocycles. The number of nitrogens with zero attached hydrogens (tertiary/aromatic N) is 2. The minimum absolute atomic E-state index is 0.733. The molecule has 0 aliphatic heterocycles. The highest BCUT2D eigenvalue weighted by molar-refractivity contribution is 7.99. The number of aromatic nitrogens is 1. The van der Waals surface area contributed by atoms with Gasteiger partial charge in [-0.25, -0.2) is 4.98 Å². The van der Waals surface area contributed by atoms with E-state index in [0.717, 1.165) is 21.6 Å². The van der Waals surface area contributed by atoms with Gasteiger partial charge in [0.05, 0.1) is 11.9 Å². The van der Waals surface area contributed by atoms with E-state index in [0.29, 0.717) is 0 Å². The molecule has 0 spiro atoms. The first-order valence-electron chi connectivity index (χ1n) is 7.01. The maximum Gasteiger partial charge on any atom is 0.167 e. The van der Waals surface area contributed by atoms with Crippen LogP contribution < -0.4 is 0 Å². The van der Waals surface area contributed by atoms with Crippen LogP contribution in [0.2, 0.25) is 0 Å². The average molecular weight is 308 g/mol. The summed E-state index contributed by atoms with van der Waals surface area (Å²) in [6, 6.07) is 15.8. The van der Waals surface area contributed by atoms with Gasteiger partial charge in [-0.1, -0.05) is 12.1 Å². The van der Waals surface area contributed by atoms with Gasteiger partial charge in [0.2, 0.25) is 0 Å². The third kappa shape index (κ3) is 3.65. The van der Waals surface area contributed by atoms with Gasteiger partial charge in [0.25, 0.3) is 0 Å². The molecule has 3 aromatic rings. The maximum atomic E-state index is 5.74. The molecule has 0 aliphatic carbocycles. The Bertz CT molecular complexity index is 794. The molecule has 3 rings (SSSR count). The highest BCUT2D eigenvalue weighted by Crippen LogP contribution is 2.27. The zero-order chi connectivity index (χ0) is 15.4. The molecule has 1 aromatic carbocycles. The van der Waals surface area contributed by atoms with E-state index in [1.807, 2.05) is 36.4 Å². The standard InChI is InChI=1S/C18H16N2OS/c1-13-6-7-15(11-14(13)2)20-12-16-8-9-18(21-16)22-17-5-3-4-10-19-17/h3-12H,1-2H3. The van der Waals surface area contributed by atoms with Crippen LogP contribution in [0.3, 0.4) is 0 Å². The summed E-state index contributed by atoms with van der Waals surface area (Å²) in [6.45, 7) is 4.18. The van der Waals surface area contributed by atoms with Crippen LogP contribution in [0.5, 0.6) is 0 Å². The van der Waals surface area contributed by atoms with Gasteiger partial charge < -0.3 is 4.42 Å². The maximum absolute atomic E-state index is 5.74. The molecule has 4 heteroatoms. The second-order valence-electron chi connectivity index (χ2n) is 4.95. The van der Waals surface area contributed by atoms with Crippen LogP contribution in [0.4, 0.5) is 5.69 Å². The van der Waals surface area contributed by atoms with E-state index in [9.17, 15) is 0 Å². The van der Waals surface area contributed by atoms with Crippen molar-refractivity contribution in [3.05, 3.63) is 71.6 Å². The Labute approximate surface area is 134 Å². The summed E-state index contributed by atoms with van der Waals surface area (Å²) in [5.41, 5.74) is 3.44. The lowest BCUT2D eigenvalue weighted by molar-refractivity contribution is 0.469. The number of pyridine rings is 1. The molecule has 22 heavy (non-hydrogen) atoms. The van der Waals surface area contributed by atoms with Crippen LogP contribution in [-0.2, 0) is 0 Å². The average Bonchev–Trinajstić information content (AvgIpc) is 2.97. The number of furan rings is 1. The molecule has 0 saturated carbocycles. The van der Waals surface area contributed by atoms with Crippen molar-refractivity contribution in [1.29, 1.82) is 0 Å². The van der Waals surface area contributed by atoms with Gasteiger partial charge in [-0.15, -0.1) is 0 Å². The zero-order valence-corrected chi connectivity index (χ0v) is 13.3. The quantitative estimate of drug-likeness (QED) is 0.622. The van der Waals surface area contributed by atoms with Crippen LogP contribution in [0.1, 0.15) is 16.9 Å². The summed E-state index contributed by atoms with van der Waals surface area (Å²) >= 11 is 1.50. The van der Waals surface area contributed by atoms with Crippen molar-refractivity contribution in [1.82, 2.24) is 4.98 Å². The van der Waals surface area contributed by atoms with E-state index in [4.69, 9.17) is 4.42 Å². The predicted molar refractivity (Wildman–Crippen MR) is 90.2 cm³/mol. The van der Waals surface area contributed by atoms with E-state index in [1.165, 1.54) is 22.9 Å². The van der Waals surface area contributed by atoms with Gasteiger partial charge in [0.1, 0.15) is 10.8 Å². The first-order valence-corrected chi connectivity index (χ1v) is 7.82. The van der Waals surface area contributed by atoms with Gasteiger partial charge >= 0.3 is 0 Å². The Morgan fingerprint density at radius 1 is 1.05 bits per heavy atom. The Hall–Kier alpha value is -2.33. The van der Waals surface area contributed by atoms with Crippen LogP contribution in [0.15, 0.2) is 74.3 Å². The molecule has 0 radical (unpaired) electrons. The summed E-state index contributed by atoms with van der Waals surface area (Å²) in [5, 5.41) is 1.72. The highest BCUT2D eigenvalue weighted by atomic mass is 32.2. The molecule has 0 N–H and O–H groups in total. The third-order valence-corrected chi connectivity index (χ3v) is 4.15. The number of rotatable bonds is 4. The SMILES string of the molecule is Cc1ccc(N=Cc2ccc(Sc3ccccn3)o2)cc1C. The molecule has 0 fully saturated rings. The van der Waals surface area contributed by atoms with Crippen molar-refractivity contribution in [2.24, 2.45) is 4.99 Å². The summed E-state index contributed by atoms with van der Waals surface area (Å²) in [6.07, 6.45) is 3.51. The topological polar surface area (TPSA) is 38.4 Å². The monoisotopic (exact) mass is 308 g/mol. The van der Waals surface area contributed by atoms with Crippen molar-refractivity contribution >= 4 is 23.7 Å². The number of hydrogen-bond acceptors (Lipinski definition) is 4. The predicted octanol–water partition coefficient (Wildman–Crippen LogP) is 5.19. The van der Waals surface area contributed by atoms with Gasteiger partial charge in [-0.2, -0.15) is 0 Å². The molecule has 0 aliphatic rings. The minimum atomic E-state index is 0.733. The summed E-state index contributed by atoms with van der Waals surface area (Å²) < 4.78 is 5.74. The first kappa shape index (κ1) is 14.6. The Morgan fingerprint density at radius 3 is 2.73 bits per heavy atom. The van der Waals surface area contributed by atoms with E-state index in [-0.39, 0.29) is 0 Å². The molecule has 2 heterocycles. The molecule has 0 unspecified atom stereocenters. The molecule has 110 valence electrons. The Morgan fingerprint density at radius 2 is 1.95 bits per heavy atom. The molecule has 2 aromatic heterocycles. The van der Waals surface area contributed by atoms with Crippen molar-refractivity contribution in [3.8, 4) is 0 Å². The van der Waals surface area contributed by atoms with Gasteiger partial charge in [0.15, 0.2) is 5.09 Å².